The number of halogens is 1. The quantitative estimate of drug-likeness (QED) is 0.405. The van der Waals surface area contributed by atoms with Crippen LogP contribution in [0.2, 0.25) is 5.15 Å². The molecular weight excluding hydrogens is 446 g/mol. The first-order chi connectivity index (χ1) is 15.4. The number of nitrogens with one attached hydrogen (secondary N) is 1. The Kier molecular flexibility index (Phi) is 6.25. The van der Waals surface area contributed by atoms with Gasteiger partial charge in [0.05, 0.1) is 17.2 Å². The first-order valence-electron chi connectivity index (χ1n) is 9.58. The fourth-order valence-electron chi connectivity index (χ4n) is 2.91. The molecule has 9 heteroatoms. The van der Waals surface area contributed by atoms with Gasteiger partial charge >= 0.3 is 0 Å². The van der Waals surface area contributed by atoms with E-state index in [9.17, 15) is 8.42 Å². The van der Waals surface area contributed by atoms with Crippen LogP contribution in [0.1, 0.15) is 11.1 Å². The van der Waals surface area contributed by atoms with Crippen LogP contribution in [0, 0.1) is 6.92 Å². The minimum Gasteiger partial charge on any atom is -0.263 e. The maximum atomic E-state index is 12.8. The molecule has 0 unspecified atom stereocenters. The Morgan fingerprint density at radius 3 is 2.41 bits per heavy atom. The fraction of sp³-hybridized carbons (Fsp3) is 0.0435. The number of rotatable bonds is 6. The summed E-state index contributed by atoms with van der Waals surface area (Å²) in [5.41, 5.74) is 3.21. The molecule has 0 aliphatic carbocycles. The first kappa shape index (κ1) is 21.6. The lowest BCUT2D eigenvalue weighted by Gasteiger charge is -2.13. The van der Waals surface area contributed by atoms with Gasteiger partial charge in [-0.05, 0) is 24.1 Å². The Bertz CT molecular complexity index is 1360. The van der Waals surface area contributed by atoms with Gasteiger partial charge in [0, 0.05) is 12.4 Å². The lowest BCUT2D eigenvalue weighted by Crippen LogP contribution is -2.13. The van der Waals surface area contributed by atoms with Gasteiger partial charge in [-0.25, -0.2) is 23.4 Å². The minimum absolute atomic E-state index is 0.0483. The molecule has 160 valence electrons. The maximum Gasteiger partial charge on any atom is 0.256 e. The second-order valence-electron chi connectivity index (χ2n) is 6.88. The Hall–Kier alpha value is -3.62. The molecular formula is C23H18ClN5O2S. The monoisotopic (exact) mass is 463 g/mol. The average molecular weight is 464 g/mol. The highest BCUT2D eigenvalue weighted by molar-refractivity contribution is 7.95. The number of aromatic nitrogens is 4. The van der Waals surface area contributed by atoms with E-state index in [1.165, 1.54) is 24.7 Å². The molecule has 32 heavy (non-hydrogen) atoms. The SMILES string of the molecule is Cc1ccc(-c2c(Cl)nc(-c3cnccn3)nc2NS(=O)(=O)C=Cc2ccccc2)cc1. The fourth-order valence-corrected chi connectivity index (χ4v) is 4.01. The number of benzene rings is 2. The number of hydrogen-bond acceptors (Lipinski definition) is 6. The second kappa shape index (κ2) is 9.25. The van der Waals surface area contributed by atoms with Crippen LogP contribution in [0.3, 0.4) is 0 Å². The lowest BCUT2D eigenvalue weighted by molar-refractivity contribution is 0.609. The third-order valence-corrected chi connectivity index (χ3v) is 5.72. The maximum absolute atomic E-state index is 12.8. The molecule has 2 heterocycles. The number of anilines is 1. The molecule has 0 atom stereocenters. The Morgan fingerprint density at radius 2 is 1.72 bits per heavy atom. The smallest absolute Gasteiger partial charge is 0.256 e. The van der Waals surface area contributed by atoms with E-state index in [1.54, 1.807) is 12.1 Å². The van der Waals surface area contributed by atoms with E-state index >= 15 is 0 Å². The zero-order chi connectivity index (χ0) is 22.6. The summed E-state index contributed by atoms with van der Waals surface area (Å²) in [5, 5.41) is 1.17. The minimum atomic E-state index is -3.90. The van der Waals surface area contributed by atoms with Crippen molar-refractivity contribution >= 4 is 33.5 Å². The van der Waals surface area contributed by atoms with Crippen molar-refractivity contribution in [2.45, 2.75) is 6.92 Å². The highest BCUT2D eigenvalue weighted by Crippen LogP contribution is 2.35. The van der Waals surface area contributed by atoms with Crippen LogP contribution in [0.4, 0.5) is 5.82 Å². The van der Waals surface area contributed by atoms with Crippen LogP contribution in [0.5, 0.6) is 0 Å². The molecule has 4 rings (SSSR count). The Labute approximate surface area is 191 Å². The van der Waals surface area contributed by atoms with Crippen molar-refractivity contribution in [1.82, 2.24) is 19.9 Å². The third-order valence-electron chi connectivity index (χ3n) is 4.48. The van der Waals surface area contributed by atoms with Crippen molar-refractivity contribution in [3.05, 3.63) is 94.9 Å². The third kappa shape index (κ3) is 5.16. The van der Waals surface area contributed by atoms with Gasteiger partial charge in [-0.3, -0.25) is 9.71 Å². The van der Waals surface area contributed by atoms with E-state index in [2.05, 4.69) is 24.7 Å². The predicted octanol–water partition coefficient (Wildman–Crippen LogP) is 4.98. The summed E-state index contributed by atoms with van der Waals surface area (Å²) in [6.45, 7) is 1.96. The molecule has 0 saturated heterocycles. The van der Waals surface area contributed by atoms with Gasteiger partial charge < -0.3 is 0 Å². The molecule has 0 amide bonds. The van der Waals surface area contributed by atoms with Crippen molar-refractivity contribution in [2.24, 2.45) is 0 Å². The molecule has 2 aromatic heterocycles. The van der Waals surface area contributed by atoms with Crippen molar-refractivity contribution in [3.8, 4) is 22.6 Å². The van der Waals surface area contributed by atoms with E-state index in [0.717, 1.165) is 16.5 Å². The molecule has 0 saturated carbocycles. The number of sulfonamides is 1. The summed E-state index contributed by atoms with van der Waals surface area (Å²) in [7, 11) is -3.90. The van der Waals surface area contributed by atoms with Crippen LogP contribution in [-0.2, 0) is 10.0 Å². The number of nitrogens with zero attached hydrogens (tertiary/aromatic N) is 4. The van der Waals surface area contributed by atoms with Crippen LogP contribution >= 0.6 is 11.6 Å². The van der Waals surface area contributed by atoms with Crippen molar-refractivity contribution in [2.75, 3.05) is 4.72 Å². The summed E-state index contributed by atoms with van der Waals surface area (Å²) in [5.74, 6) is 0.205. The summed E-state index contributed by atoms with van der Waals surface area (Å²) in [6.07, 6.45) is 5.99. The van der Waals surface area contributed by atoms with Gasteiger partial charge in [-0.1, -0.05) is 71.8 Å². The average Bonchev–Trinajstić information content (AvgIpc) is 2.80. The van der Waals surface area contributed by atoms with Gasteiger partial charge in [0.1, 0.15) is 10.8 Å². The van der Waals surface area contributed by atoms with Gasteiger partial charge in [0.2, 0.25) is 0 Å². The number of hydrogen-bond donors (Lipinski definition) is 1. The summed E-state index contributed by atoms with van der Waals surface area (Å²) < 4.78 is 28.2. The van der Waals surface area contributed by atoms with Crippen molar-refractivity contribution in [3.63, 3.8) is 0 Å². The van der Waals surface area contributed by atoms with Gasteiger partial charge in [0.15, 0.2) is 11.6 Å². The van der Waals surface area contributed by atoms with Crippen LogP contribution < -0.4 is 4.72 Å². The van der Waals surface area contributed by atoms with Gasteiger partial charge in [0.25, 0.3) is 10.0 Å². The molecule has 0 spiro atoms. The molecule has 1 N–H and O–H groups in total. The normalized spacial score (nSPS) is 11.6. The summed E-state index contributed by atoms with van der Waals surface area (Å²) >= 11 is 6.51. The van der Waals surface area contributed by atoms with E-state index in [4.69, 9.17) is 11.6 Å². The van der Waals surface area contributed by atoms with E-state index in [1.807, 2.05) is 49.4 Å². The summed E-state index contributed by atoms with van der Waals surface area (Å²) in [4.78, 5) is 16.9. The van der Waals surface area contributed by atoms with E-state index in [-0.39, 0.29) is 16.8 Å². The molecule has 7 nitrogen and oxygen atoms in total. The van der Waals surface area contributed by atoms with Crippen LogP contribution in [0.25, 0.3) is 28.7 Å². The Balaban J connectivity index is 1.79. The highest BCUT2D eigenvalue weighted by atomic mass is 35.5. The standard InChI is InChI=1S/C23H18ClN5O2S/c1-16-7-9-18(10-8-16)20-21(24)27-22(19-15-25-12-13-26-19)28-23(20)29-32(30,31)14-11-17-5-3-2-4-6-17/h2-15H,1H3,(H,27,28,29). The molecule has 4 aromatic rings. The molecule has 0 radical (unpaired) electrons. The summed E-state index contributed by atoms with van der Waals surface area (Å²) in [6, 6.07) is 16.6. The highest BCUT2D eigenvalue weighted by Gasteiger charge is 2.20. The molecule has 0 fully saturated rings. The second-order valence-corrected chi connectivity index (χ2v) is 8.80. The van der Waals surface area contributed by atoms with Crippen LogP contribution in [-0.4, -0.2) is 28.4 Å². The largest absolute Gasteiger partial charge is 0.263 e. The zero-order valence-corrected chi connectivity index (χ0v) is 18.5. The van der Waals surface area contributed by atoms with Crippen molar-refractivity contribution in [1.29, 1.82) is 0 Å². The lowest BCUT2D eigenvalue weighted by atomic mass is 10.1. The predicted molar refractivity (Wildman–Crippen MR) is 126 cm³/mol. The molecule has 0 bridgehead atoms. The van der Waals surface area contributed by atoms with Gasteiger partial charge in [-0.2, -0.15) is 0 Å². The van der Waals surface area contributed by atoms with Crippen LogP contribution in [0.15, 0.2) is 78.6 Å². The van der Waals surface area contributed by atoms with Gasteiger partial charge in [-0.15, -0.1) is 0 Å². The Morgan fingerprint density at radius 1 is 0.969 bits per heavy atom. The van der Waals surface area contributed by atoms with E-state index in [0.29, 0.717) is 16.8 Å². The number of aryl methyl sites for hydroxylation is 1. The molecule has 0 aliphatic rings. The van der Waals surface area contributed by atoms with E-state index < -0.39 is 10.0 Å². The molecule has 0 aliphatic heterocycles. The molecule has 2 aromatic carbocycles. The topological polar surface area (TPSA) is 97.7 Å². The zero-order valence-electron chi connectivity index (χ0n) is 17.0. The first-order valence-corrected chi connectivity index (χ1v) is 11.5. The van der Waals surface area contributed by atoms with Crippen molar-refractivity contribution < 1.29 is 8.42 Å².